The first-order chi connectivity index (χ1) is 15.2. The molecular formula is C28H38O4. The van der Waals surface area contributed by atoms with E-state index in [1.54, 1.807) is 28.4 Å². The molecule has 0 saturated heterocycles. The van der Waals surface area contributed by atoms with Gasteiger partial charge in [0.2, 0.25) is 0 Å². The summed E-state index contributed by atoms with van der Waals surface area (Å²) < 4.78 is 23.0. The smallest absolute Gasteiger partial charge is 0.161 e. The molecule has 1 spiro atoms. The molecule has 0 saturated carbocycles. The van der Waals surface area contributed by atoms with Gasteiger partial charge in [-0.2, -0.15) is 0 Å². The van der Waals surface area contributed by atoms with Gasteiger partial charge in [0.25, 0.3) is 0 Å². The first kappa shape index (κ1) is 22.8. The van der Waals surface area contributed by atoms with Crippen molar-refractivity contribution in [3.8, 4) is 23.0 Å². The summed E-state index contributed by atoms with van der Waals surface area (Å²) in [5.41, 5.74) is 5.46. The molecule has 0 amide bonds. The molecule has 0 aliphatic heterocycles. The molecule has 2 aliphatic rings. The fourth-order valence-corrected chi connectivity index (χ4v) is 6.72. The number of rotatable bonds is 6. The van der Waals surface area contributed by atoms with Gasteiger partial charge in [-0.1, -0.05) is 34.6 Å². The summed E-state index contributed by atoms with van der Waals surface area (Å²) in [6, 6.07) is 8.94. The van der Waals surface area contributed by atoms with E-state index in [9.17, 15) is 0 Å². The fraction of sp³-hybridized carbons (Fsp3) is 0.571. The Labute approximate surface area is 193 Å². The van der Waals surface area contributed by atoms with E-state index in [-0.39, 0.29) is 16.2 Å². The van der Waals surface area contributed by atoms with Crippen molar-refractivity contribution in [3.63, 3.8) is 0 Å². The third kappa shape index (κ3) is 2.67. The van der Waals surface area contributed by atoms with Gasteiger partial charge < -0.3 is 18.9 Å². The van der Waals surface area contributed by atoms with Crippen molar-refractivity contribution in [2.24, 2.45) is 5.92 Å². The summed E-state index contributed by atoms with van der Waals surface area (Å²) in [6.45, 7) is 11.9. The zero-order valence-corrected chi connectivity index (χ0v) is 21.1. The Morgan fingerprint density at radius 1 is 0.688 bits per heavy atom. The molecule has 0 N–H and O–H groups in total. The lowest BCUT2D eigenvalue weighted by atomic mass is 9.63. The van der Waals surface area contributed by atoms with Gasteiger partial charge in [0.05, 0.1) is 28.4 Å². The molecular weight excluding hydrogens is 400 g/mol. The first-order valence-corrected chi connectivity index (χ1v) is 11.7. The number of ether oxygens (including phenoxy) is 4. The van der Waals surface area contributed by atoms with Crippen LogP contribution in [-0.2, 0) is 16.2 Å². The van der Waals surface area contributed by atoms with Gasteiger partial charge in [0.1, 0.15) is 0 Å². The van der Waals surface area contributed by atoms with Gasteiger partial charge in [-0.05, 0) is 82.5 Å². The fourth-order valence-electron chi connectivity index (χ4n) is 6.72. The number of methoxy groups -OCH3 is 4. The minimum absolute atomic E-state index is 0.0261. The predicted octanol–water partition coefficient (Wildman–Crippen LogP) is 6.40. The summed E-state index contributed by atoms with van der Waals surface area (Å²) in [5, 5.41) is 0. The Bertz CT molecular complexity index is 1030. The monoisotopic (exact) mass is 438 g/mol. The van der Waals surface area contributed by atoms with Crippen molar-refractivity contribution in [1.82, 2.24) is 0 Å². The highest BCUT2D eigenvalue weighted by atomic mass is 16.5. The maximum atomic E-state index is 5.78. The van der Waals surface area contributed by atoms with Crippen LogP contribution in [0.15, 0.2) is 24.3 Å². The molecule has 2 aromatic carbocycles. The van der Waals surface area contributed by atoms with Gasteiger partial charge in [-0.3, -0.25) is 0 Å². The molecule has 0 bridgehead atoms. The average Bonchev–Trinajstić information content (AvgIpc) is 3.19. The van der Waals surface area contributed by atoms with Crippen LogP contribution in [0.25, 0.3) is 0 Å². The maximum absolute atomic E-state index is 5.78. The molecule has 0 aromatic heterocycles. The minimum Gasteiger partial charge on any atom is -0.493 e. The zero-order valence-electron chi connectivity index (χ0n) is 21.1. The largest absolute Gasteiger partial charge is 0.493 e. The molecule has 32 heavy (non-hydrogen) atoms. The quantitative estimate of drug-likeness (QED) is 0.523. The summed E-state index contributed by atoms with van der Waals surface area (Å²) >= 11 is 0. The van der Waals surface area contributed by atoms with Crippen molar-refractivity contribution >= 4 is 0 Å². The lowest BCUT2D eigenvalue weighted by molar-refractivity contribution is 0.216. The minimum atomic E-state index is -0.126. The standard InChI is InChI=1S/C28H38O4/c1-10-26(4)16-28(20-14-24(31-8)22(29-6)12-18(20)26)17(3)27(5,11-2)19-13-23(30-7)25(32-9)15-21(19)28/h12-15,17H,10-11,16H2,1-9H3. The number of hydrogen-bond acceptors (Lipinski definition) is 4. The second-order valence-corrected chi connectivity index (χ2v) is 10.1. The lowest BCUT2D eigenvalue weighted by Crippen LogP contribution is -2.38. The Hall–Kier alpha value is -2.36. The molecule has 4 atom stereocenters. The van der Waals surface area contributed by atoms with E-state index in [0.29, 0.717) is 5.92 Å². The number of fused-ring (bicyclic) bond motifs is 4. The number of benzene rings is 2. The van der Waals surface area contributed by atoms with Gasteiger partial charge in [-0.25, -0.2) is 0 Å². The highest BCUT2D eigenvalue weighted by Gasteiger charge is 2.62. The lowest BCUT2D eigenvalue weighted by Gasteiger charge is -2.39. The van der Waals surface area contributed by atoms with Gasteiger partial charge in [0.15, 0.2) is 23.0 Å². The Morgan fingerprint density at radius 3 is 1.50 bits per heavy atom. The van der Waals surface area contributed by atoms with Crippen molar-refractivity contribution in [1.29, 1.82) is 0 Å². The molecule has 2 aromatic rings. The second-order valence-electron chi connectivity index (χ2n) is 10.1. The molecule has 4 nitrogen and oxygen atoms in total. The van der Waals surface area contributed by atoms with E-state index in [1.807, 2.05) is 0 Å². The van der Waals surface area contributed by atoms with Crippen LogP contribution < -0.4 is 18.9 Å². The number of hydrogen-bond donors (Lipinski definition) is 0. The molecule has 174 valence electrons. The summed E-state index contributed by atoms with van der Waals surface area (Å²) in [7, 11) is 6.89. The van der Waals surface area contributed by atoms with Crippen LogP contribution in [0.5, 0.6) is 23.0 Å². The third-order valence-corrected chi connectivity index (χ3v) is 9.15. The van der Waals surface area contributed by atoms with Crippen molar-refractivity contribution < 1.29 is 18.9 Å². The molecule has 4 rings (SSSR count). The van der Waals surface area contributed by atoms with Crippen molar-refractivity contribution in [2.75, 3.05) is 28.4 Å². The Morgan fingerprint density at radius 2 is 1.09 bits per heavy atom. The third-order valence-electron chi connectivity index (χ3n) is 9.15. The predicted molar refractivity (Wildman–Crippen MR) is 129 cm³/mol. The SMILES string of the molecule is CCC1(C)CC2(c3cc(OC)c(OC)cc31)c1cc(OC)c(OC)cc1C(C)(CC)C2C. The molecule has 0 fully saturated rings. The van der Waals surface area contributed by atoms with E-state index >= 15 is 0 Å². The Kier molecular flexibility index (Phi) is 5.42. The van der Waals surface area contributed by atoms with Crippen LogP contribution in [0.1, 0.15) is 76.1 Å². The average molecular weight is 439 g/mol. The van der Waals surface area contributed by atoms with E-state index in [1.165, 1.54) is 22.3 Å². The van der Waals surface area contributed by atoms with Crippen LogP contribution in [0.3, 0.4) is 0 Å². The molecule has 4 heteroatoms. The zero-order chi connectivity index (χ0) is 23.5. The van der Waals surface area contributed by atoms with Crippen LogP contribution in [0, 0.1) is 5.92 Å². The summed E-state index contributed by atoms with van der Waals surface area (Å²) in [4.78, 5) is 0. The van der Waals surface area contributed by atoms with Crippen LogP contribution in [0.2, 0.25) is 0 Å². The van der Waals surface area contributed by atoms with Gasteiger partial charge in [0, 0.05) is 5.41 Å². The Balaban J connectivity index is 2.12. The van der Waals surface area contributed by atoms with Crippen molar-refractivity contribution in [2.45, 2.75) is 70.1 Å². The highest BCUT2D eigenvalue weighted by molar-refractivity contribution is 5.66. The van der Waals surface area contributed by atoms with E-state index in [2.05, 4.69) is 58.9 Å². The maximum Gasteiger partial charge on any atom is 0.161 e. The van der Waals surface area contributed by atoms with E-state index in [0.717, 1.165) is 42.3 Å². The van der Waals surface area contributed by atoms with Crippen LogP contribution >= 0.6 is 0 Å². The van der Waals surface area contributed by atoms with E-state index < -0.39 is 0 Å². The first-order valence-electron chi connectivity index (χ1n) is 11.7. The topological polar surface area (TPSA) is 36.9 Å². The summed E-state index contributed by atoms with van der Waals surface area (Å²) in [6.07, 6.45) is 3.18. The van der Waals surface area contributed by atoms with Crippen molar-refractivity contribution in [3.05, 3.63) is 46.5 Å². The molecule has 0 radical (unpaired) electrons. The normalized spacial score (nSPS) is 30.2. The van der Waals surface area contributed by atoms with Gasteiger partial charge >= 0.3 is 0 Å². The van der Waals surface area contributed by atoms with Crippen LogP contribution in [0.4, 0.5) is 0 Å². The highest BCUT2D eigenvalue weighted by Crippen LogP contribution is 2.68. The summed E-state index contributed by atoms with van der Waals surface area (Å²) in [5.74, 6) is 3.60. The van der Waals surface area contributed by atoms with Gasteiger partial charge in [-0.15, -0.1) is 0 Å². The second kappa shape index (κ2) is 7.60. The molecule has 2 aliphatic carbocycles. The molecule has 4 unspecified atom stereocenters. The van der Waals surface area contributed by atoms with E-state index in [4.69, 9.17) is 18.9 Å². The molecule has 0 heterocycles. The van der Waals surface area contributed by atoms with Crippen LogP contribution in [-0.4, -0.2) is 28.4 Å².